The third-order valence-corrected chi connectivity index (χ3v) is 1.61. The molecule has 0 atom stereocenters. The van der Waals surface area contributed by atoms with Crippen LogP contribution in [0.5, 0.6) is 0 Å². The fourth-order valence-corrected chi connectivity index (χ4v) is 1.03. The molecule has 2 aromatic rings. The zero-order chi connectivity index (χ0) is 9.97. The van der Waals surface area contributed by atoms with E-state index in [1.165, 1.54) is 23.2 Å². The molecule has 2 heterocycles. The molecule has 7 heteroatoms. The lowest BCUT2D eigenvalue weighted by molar-refractivity contribution is 0.150. The predicted octanol–water partition coefficient (Wildman–Crippen LogP) is -0.280. The van der Waals surface area contributed by atoms with E-state index in [-0.39, 0.29) is 6.61 Å². The number of primary amides is 1. The number of ether oxygens (including phenoxy) is 1. The van der Waals surface area contributed by atoms with E-state index in [9.17, 15) is 4.79 Å². The van der Waals surface area contributed by atoms with Gasteiger partial charge < -0.3 is 10.5 Å². The summed E-state index contributed by atoms with van der Waals surface area (Å²) in [6.45, 7) is 0.0531. The van der Waals surface area contributed by atoms with Gasteiger partial charge in [0.25, 0.3) is 0 Å². The average Bonchev–Trinajstić information content (AvgIpc) is 2.58. The summed E-state index contributed by atoms with van der Waals surface area (Å²) in [5, 5.41) is 7.81. The molecule has 1 amide bonds. The maximum atomic E-state index is 10.4. The highest BCUT2D eigenvalue weighted by Crippen LogP contribution is 2.06. The van der Waals surface area contributed by atoms with Crippen LogP contribution in [-0.4, -0.2) is 25.9 Å². The number of fused-ring (bicyclic) bond motifs is 1. The van der Waals surface area contributed by atoms with Crippen LogP contribution in [0.1, 0.15) is 5.56 Å². The van der Waals surface area contributed by atoms with Crippen LogP contribution < -0.4 is 5.73 Å². The summed E-state index contributed by atoms with van der Waals surface area (Å²) in [7, 11) is 0. The van der Waals surface area contributed by atoms with E-state index in [4.69, 9.17) is 5.73 Å². The molecule has 0 spiro atoms. The van der Waals surface area contributed by atoms with E-state index in [1.54, 1.807) is 0 Å². The van der Waals surface area contributed by atoms with Gasteiger partial charge in [-0.1, -0.05) is 0 Å². The summed E-state index contributed by atoms with van der Waals surface area (Å²) in [6.07, 6.45) is 3.75. The largest absolute Gasteiger partial charge is 0.445 e. The highest BCUT2D eigenvalue weighted by molar-refractivity contribution is 5.64. The average molecular weight is 193 g/mol. The highest BCUT2D eigenvalue weighted by atomic mass is 16.5. The maximum Gasteiger partial charge on any atom is 0.404 e. The fourth-order valence-electron chi connectivity index (χ4n) is 1.03. The topological polar surface area (TPSA) is 95.4 Å². The van der Waals surface area contributed by atoms with E-state index >= 15 is 0 Å². The second kappa shape index (κ2) is 3.29. The van der Waals surface area contributed by atoms with E-state index in [0.717, 1.165) is 0 Å². The Balaban J connectivity index is 2.29. The summed E-state index contributed by atoms with van der Waals surface area (Å²) >= 11 is 0. The van der Waals surface area contributed by atoms with Crippen LogP contribution in [0.15, 0.2) is 18.6 Å². The summed E-state index contributed by atoms with van der Waals surface area (Å²) in [6, 6.07) is 0. The lowest BCUT2D eigenvalue weighted by atomic mass is 10.4. The normalized spacial score (nSPS) is 10.3. The Hall–Kier alpha value is -2.18. The third-order valence-electron chi connectivity index (χ3n) is 1.61. The quantitative estimate of drug-likeness (QED) is 0.707. The van der Waals surface area contributed by atoms with Gasteiger partial charge in [-0.05, 0) is 0 Å². The first kappa shape index (κ1) is 8.42. The number of aromatic nitrogens is 4. The molecule has 0 aliphatic heterocycles. The standard InChI is InChI=1S/C7H7N5O2/c8-7(13)14-4-5-3-11-12-6(5)9-1-2-10-12/h1-3H,4H2,(H2,8,13). The van der Waals surface area contributed by atoms with Crippen LogP contribution in [0, 0.1) is 0 Å². The molecule has 0 radical (unpaired) electrons. The minimum atomic E-state index is -0.826. The molecule has 0 aromatic carbocycles. The summed E-state index contributed by atoms with van der Waals surface area (Å²) < 4.78 is 5.96. The SMILES string of the molecule is NC(=O)OCc1cnn2nccnc12. The minimum Gasteiger partial charge on any atom is -0.445 e. The smallest absolute Gasteiger partial charge is 0.404 e. The van der Waals surface area contributed by atoms with Gasteiger partial charge in [0.1, 0.15) is 6.61 Å². The second-order valence-electron chi connectivity index (χ2n) is 2.53. The number of hydrogen-bond acceptors (Lipinski definition) is 5. The molecule has 0 bridgehead atoms. The molecule has 0 fully saturated rings. The predicted molar refractivity (Wildman–Crippen MR) is 45.2 cm³/mol. The van der Waals surface area contributed by atoms with Crippen molar-refractivity contribution >= 4 is 11.7 Å². The molecule has 2 aromatic heterocycles. The van der Waals surface area contributed by atoms with Gasteiger partial charge in [-0.2, -0.15) is 10.2 Å². The van der Waals surface area contributed by atoms with Gasteiger partial charge in [0.05, 0.1) is 18.0 Å². The van der Waals surface area contributed by atoms with Crippen molar-refractivity contribution in [3.63, 3.8) is 0 Å². The maximum absolute atomic E-state index is 10.4. The van der Waals surface area contributed by atoms with Crippen molar-refractivity contribution < 1.29 is 9.53 Å². The van der Waals surface area contributed by atoms with Crippen molar-refractivity contribution in [1.82, 2.24) is 19.8 Å². The molecule has 0 aliphatic rings. The number of carbonyl (C=O) groups is 1. The van der Waals surface area contributed by atoms with E-state index in [2.05, 4.69) is 19.9 Å². The van der Waals surface area contributed by atoms with Crippen LogP contribution in [0.4, 0.5) is 4.79 Å². The molecule has 0 saturated carbocycles. The molecular weight excluding hydrogens is 186 g/mol. The van der Waals surface area contributed by atoms with Gasteiger partial charge in [0.2, 0.25) is 0 Å². The Kier molecular flexibility index (Phi) is 1.98. The van der Waals surface area contributed by atoms with Crippen molar-refractivity contribution in [3.05, 3.63) is 24.2 Å². The Morgan fingerprint density at radius 1 is 1.50 bits per heavy atom. The van der Waals surface area contributed by atoms with Crippen molar-refractivity contribution in [1.29, 1.82) is 0 Å². The number of amides is 1. The van der Waals surface area contributed by atoms with E-state index < -0.39 is 6.09 Å². The molecule has 0 aliphatic carbocycles. The summed E-state index contributed by atoms with van der Waals surface area (Å²) in [5.74, 6) is 0. The molecule has 0 unspecified atom stereocenters. The Morgan fingerprint density at radius 3 is 3.14 bits per heavy atom. The van der Waals surface area contributed by atoms with Gasteiger partial charge in [0, 0.05) is 6.20 Å². The number of nitrogens with zero attached hydrogens (tertiary/aromatic N) is 4. The molecule has 2 N–H and O–H groups in total. The lowest BCUT2D eigenvalue weighted by Crippen LogP contribution is -2.12. The second-order valence-corrected chi connectivity index (χ2v) is 2.53. The van der Waals surface area contributed by atoms with Crippen LogP contribution >= 0.6 is 0 Å². The van der Waals surface area contributed by atoms with Gasteiger partial charge in [-0.15, -0.1) is 4.63 Å². The first-order valence-electron chi connectivity index (χ1n) is 3.83. The van der Waals surface area contributed by atoms with Gasteiger partial charge >= 0.3 is 6.09 Å². The molecule has 2 rings (SSSR count). The van der Waals surface area contributed by atoms with Crippen molar-refractivity contribution in [3.8, 4) is 0 Å². The molecular formula is C7H7N5O2. The first-order chi connectivity index (χ1) is 6.77. The molecule has 14 heavy (non-hydrogen) atoms. The number of hydrogen-bond donors (Lipinski definition) is 1. The summed E-state index contributed by atoms with van der Waals surface area (Å²) in [5.41, 5.74) is 6.04. The van der Waals surface area contributed by atoms with Gasteiger partial charge in [-0.25, -0.2) is 9.78 Å². The van der Waals surface area contributed by atoms with Gasteiger partial charge in [0.15, 0.2) is 5.65 Å². The fraction of sp³-hybridized carbons (Fsp3) is 0.143. The third kappa shape index (κ3) is 1.47. The molecule has 7 nitrogen and oxygen atoms in total. The van der Waals surface area contributed by atoms with Crippen molar-refractivity contribution in [2.24, 2.45) is 5.73 Å². The van der Waals surface area contributed by atoms with Crippen LogP contribution in [0.3, 0.4) is 0 Å². The van der Waals surface area contributed by atoms with Crippen molar-refractivity contribution in [2.45, 2.75) is 6.61 Å². The molecule has 0 saturated heterocycles. The Morgan fingerprint density at radius 2 is 2.36 bits per heavy atom. The minimum absolute atomic E-state index is 0.0531. The number of carbonyl (C=O) groups excluding carboxylic acids is 1. The van der Waals surface area contributed by atoms with E-state index in [0.29, 0.717) is 11.2 Å². The lowest BCUT2D eigenvalue weighted by Gasteiger charge is -1.97. The molecule has 72 valence electrons. The zero-order valence-corrected chi connectivity index (χ0v) is 7.12. The zero-order valence-electron chi connectivity index (χ0n) is 7.12. The Bertz CT molecular complexity index is 466. The van der Waals surface area contributed by atoms with Crippen LogP contribution in [-0.2, 0) is 11.3 Å². The summed E-state index contributed by atoms with van der Waals surface area (Å²) in [4.78, 5) is 14.4. The van der Waals surface area contributed by atoms with Crippen LogP contribution in [0.2, 0.25) is 0 Å². The Labute approximate surface area is 78.5 Å². The van der Waals surface area contributed by atoms with Crippen LogP contribution in [0.25, 0.3) is 5.65 Å². The highest BCUT2D eigenvalue weighted by Gasteiger charge is 2.06. The first-order valence-corrected chi connectivity index (χ1v) is 3.83. The number of rotatable bonds is 2. The van der Waals surface area contributed by atoms with Crippen molar-refractivity contribution in [2.75, 3.05) is 0 Å². The van der Waals surface area contributed by atoms with E-state index in [1.807, 2.05) is 0 Å². The monoisotopic (exact) mass is 193 g/mol. The number of nitrogens with two attached hydrogens (primary N) is 1. The van der Waals surface area contributed by atoms with Gasteiger partial charge in [-0.3, -0.25) is 0 Å².